The molecule has 22 heavy (non-hydrogen) atoms. The first kappa shape index (κ1) is 15.9. The van der Waals surface area contributed by atoms with Crippen molar-refractivity contribution in [3.63, 3.8) is 0 Å². The monoisotopic (exact) mass is 301 g/mol. The van der Waals surface area contributed by atoms with Gasteiger partial charge in [-0.2, -0.15) is 0 Å². The molecule has 0 radical (unpaired) electrons. The first-order chi connectivity index (χ1) is 10.6. The minimum absolute atomic E-state index is 0.0874. The lowest BCUT2D eigenvalue weighted by Crippen LogP contribution is -2.38. The fourth-order valence-corrected chi connectivity index (χ4v) is 2.17. The summed E-state index contributed by atoms with van der Waals surface area (Å²) in [6.45, 7) is 3.51. The molecular weight excluding hydrogens is 278 g/mol. The van der Waals surface area contributed by atoms with Gasteiger partial charge in [0.25, 0.3) is 0 Å². The molecule has 1 N–H and O–H groups in total. The summed E-state index contributed by atoms with van der Waals surface area (Å²) < 4.78 is 5.35. The Morgan fingerprint density at radius 2 is 1.86 bits per heavy atom. The molecule has 1 aromatic heterocycles. The maximum atomic E-state index is 12.2. The normalized spacial score (nSPS) is 10.3. The Morgan fingerprint density at radius 3 is 2.41 bits per heavy atom. The van der Waals surface area contributed by atoms with E-state index in [-0.39, 0.29) is 6.03 Å². The summed E-state index contributed by atoms with van der Waals surface area (Å²) in [5.74, 6) is 0.774. The maximum absolute atomic E-state index is 12.2. The fourth-order valence-electron chi connectivity index (χ4n) is 2.17. The Labute approximate surface area is 131 Å². The van der Waals surface area contributed by atoms with Crippen LogP contribution in [0.1, 0.15) is 18.2 Å². The highest BCUT2D eigenvalue weighted by molar-refractivity contribution is 5.74. The van der Waals surface area contributed by atoms with E-state index >= 15 is 0 Å². The van der Waals surface area contributed by atoms with Crippen LogP contribution in [-0.4, -0.2) is 31.6 Å². The number of amides is 2. The predicted molar refractivity (Wildman–Crippen MR) is 87.8 cm³/mol. The molecule has 0 bridgehead atoms. The number of anilines is 1. The molecule has 2 amide bonds. The van der Waals surface area contributed by atoms with Crippen LogP contribution in [0.3, 0.4) is 0 Å². The third-order valence-electron chi connectivity index (χ3n) is 3.37. The zero-order valence-corrected chi connectivity index (χ0v) is 13.4. The van der Waals surface area contributed by atoms with Gasteiger partial charge in [0.1, 0.15) is 5.76 Å². The Bertz CT molecular complexity index is 576. The third-order valence-corrected chi connectivity index (χ3v) is 3.37. The van der Waals surface area contributed by atoms with Gasteiger partial charge in [-0.05, 0) is 36.8 Å². The van der Waals surface area contributed by atoms with Crippen LogP contribution in [0.15, 0.2) is 47.1 Å². The summed E-state index contributed by atoms with van der Waals surface area (Å²) in [7, 11) is 4.01. The zero-order valence-electron chi connectivity index (χ0n) is 13.4. The first-order valence-electron chi connectivity index (χ1n) is 7.41. The van der Waals surface area contributed by atoms with Crippen LogP contribution >= 0.6 is 0 Å². The van der Waals surface area contributed by atoms with Gasteiger partial charge in [-0.1, -0.05) is 12.1 Å². The van der Waals surface area contributed by atoms with Gasteiger partial charge < -0.3 is 19.5 Å². The van der Waals surface area contributed by atoms with Crippen molar-refractivity contribution in [1.29, 1.82) is 0 Å². The largest absolute Gasteiger partial charge is 0.467 e. The number of nitrogens with one attached hydrogen (secondary N) is 1. The van der Waals surface area contributed by atoms with Crippen LogP contribution in [0.25, 0.3) is 0 Å². The van der Waals surface area contributed by atoms with E-state index in [1.54, 1.807) is 11.2 Å². The smallest absolute Gasteiger partial charge is 0.318 e. The van der Waals surface area contributed by atoms with Crippen molar-refractivity contribution in [3.8, 4) is 0 Å². The van der Waals surface area contributed by atoms with E-state index in [1.165, 1.54) is 0 Å². The number of rotatable bonds is 6. The Balaban J connectivity index is 2.09. The Kier molecular flexibility index (Phi) is 5.47. The minimum Gasteiger partial charge on any atom is -0.467 e. The van der Waals surface area contributed by atoms with E-state index in [2.05, 4.69) is 17.4 Å². The van der Waals surface area contributed by atoms with Crippen molar-refractivity contribution in [1.82, 2.24) is 10.2 Å². The number of nitrogens with zero attached hydrogens (tertiary/aromatic N) is 2. The van der Waals surface area contributed by atoms with Gasteiger partial charge in [0.2, 0.25) is 0 Å². The van der Waals surface area contributed by atoms with Gasteiger partial charge >= 0.3 is 6.03 Å². The number of hydrogen-bond donors (Lipinski definition) is 1. The van der Waals surface area contributed by atoms with E-state index in [0.717, 1.165) is 17.0 Å². The molecule has 0 unspecified atom stereocenters. The second kappa shape index (κ2) is 7.54. The Hall–Kier alpha value is -2.43. The average Bonchev–Trinajstić information content (AvgIpc) is 3.00. The quantitative estimate of drug-likeness (QED) is 0.892. The highest BCUT2D eigenvalue weighted by Gasteiger charge is 2.15. The first-order valence-corrected chi connectivity index (χ1v) is 7.41. The van der Waals surface area contributed by atoms with Gasteiger partial charge in [0, 0.05) is 32.9 Å². The predicted octanol–water partition coefficient (Wildman–Crippen LogP) is 3.08. The molecule has 5 heteroatoms. The van der Waals surface area contributed by atoms with Crippen LogP contribution in [0.4, 0.5) is 10.5 Å². The second-order valence-corrected chi connectivity index (χ2v) is 5.33. The SMILES string of the molecule is CCNC(=O)N(Cc1ccc(N(C)C)cc1)Cc1ccco1. The van der Waals surface area contributed by atoms with Crippen molar-refractivity contribution in [2.75, 3.05) is 25.5 Å². The molecular formula is C17H23N3O2. The molecule has 2 aromatic rings. The Morgan fingerprint density at radius 1 is 1.14 bits per heavy atom. The summed E-state index contributed by atoms with van der Waals surface area (Å²) >= 11 is 0. The summed E-state index contributed by atoms with van der Waals surface area (Å²) in [6.07, 6.45) is 1.62. The molecule has 1 heterocycles. The molecule has 2 rings (SSSR count). The van der Waals surface area contributed by atoms with E-state index in [0.29, 0.717) is 19.6 Å². The van der Waals surface area contributed by atoms with Crippen LogP contribution in [0.5, 0.6) is 0 Å². The van der Waals surface area contributed by atoms with E-state index < -0.39 is 0 Å². The molecule has 0 saturated heterocycles. The minimum atomic E-state index is -0.0874. The molecule has 0 aliphatic heterocycles. The van der Waals surface area contributed by atoms with Gasteiger partial charge in [-0.25, -0.2) is 4.79 Å². The second-order valence-electron chi connectivity index (χ2n) is 5.33. The van der Waals surface area contributed by atoms with Gasteiger partial charge in [0.15, 0.2) is 0 Å². The highest BCUT2D eigenvalue weighted by atomic mass is 16.3. The van der Waals surface area contributed by atoms with Crippen molar-refractivity contribution in [2.24, 2.45) is 0 Å². The summed E-state index contributed by atoms with van der Waals surface area (Å²) in [4.78, 5) is 16.0. The van der Waals surface area contributed by atoms with Crippen LogP contribution in [-0.2, 0) is 13.1 Å². The molecule has 0 saturated carbocycles. The number of benzene rings is 1. The van der Waals surface area contributed by atoms with Crippen molar-refractivity contribution in [2.45, 2.75) is 20.0 Å². The third kappa shape index (κ3) is 4.28. The van der Waals surface area contributed by atoms with Gasteiger partial charge in [-0.15, -0.1) is 0 Å². The lowest BCUT2D eigenvalue weighted by atomic mass is 10.2. The number of hydrogen-bond acceptors (Lipinski definition) is 3. The van der Waals surface area contributed by atoms with E-state index in [4.69, 9.17) is 4.42 Å². The standard InChI is InChI=1S/C17H23N3O2/c1-4-18-17(21)20(13-16-6-5-11-22-16)12-14-7-9-15(10-8-14)19(2)3/h5-11H,4,12-13H2,1-3H3,(H,18,21). The van der Waals surface area contributed by atoms with Crippen molar-refractivity contribution in [3.05, 3.63) is 54.0 Å². The number of furan rings is 1. The molecule has 1 aromatic carbocycles. The number of urea groups is 1. The average molecular weight is 301 g/mol. The fraction of sp³-hybridized carbons (Fsp3) is 0.353. The van der Waals surface area contributed by atoms with Crippen LogP contribution in [0.2, 0.25) is 0 Å². The highest BCUT2D eigenvalue weighted by Crippen LogP contribution is 2.15. The zero-order chi connectivity index (χ0) is 15.9. The van der Waals surface area contributed by atoms with Gasteiger partial charge in [-0.3, -0.25) is 0 Å². The van der Waals surface area contributed by atoms with E-state index in [9.17, 15) is 4.79 Å². The molecule has 5 nitrogen and oxygen atoms in total. The molecule has 0 aliphatic carbocycles. The number of carbonyl (C=O) groups excluding carboxylic acids is 1. The lowest BCUT2D eigenvalue weighted by Gasteiger charge is -2.22. The summed E-state index contributed by atoms with van der Waals surface area (Å²) in [5, 5.41) is 2.85. The van der Waals surface area contributed by atoms with Gasteiger partial charge in [0.05, 0.1) is 12.8 Å². The molecule has 118 valence electrons. The topological polar surface area (TPSA) is 48.7 Å². The summed E-state index contributed by atoms with van der Waals surface area (Å²) in [6, 6.07) is 11.8. The maximum Gasteiger partial charge on any atom is 0.318 e. The summed E-state index contributed by atoms with van der Waals surface area (Å²) in [5.41, 5.74) is 2.22. The van der Waals surface area contributed by atoms with Crippen molar-refractivity contribution >= 4 is 11.7 Å². The molecule has 0 spiro atoms. The molecule has 0 atom stereocenters. The molecule has 0 aliphatic rings. The van der Waals surface area contributed by atoms with Crippen LogP contribution < -0.4 is 10.2 Å². The van der Waals surface area contributed by atoms with E-state index in [1.807, 2.05) is 50.2 Å². The molecule has 0 fully saturated rings. The van der Waals surface area contributed by atoms with Crippen molar-refractivity contribution < 1.29 is 9.21 Å². The number of carbonyl (C=O) groups is 1. The lowest BCUT2D eigenvalue weighted by molar-refractivity contribution is 0.188. The van der Waals surface area contributed by atoms with Crippen LogP contribution in [0, 0.1) is 0 Å².